The molecule has 0 radical (unpaired) electrons. The molecule has 4 rings (SSSR count). The molecule has 0 N–H and O–H groups in total. The second kappa shape index (κ2) is 11.0. The van der Waals surface area contributed by atoms with Gasteiger partial charge in [0.1, 0.15) is 18.1 Å². The summed E-state index contributed by atoms with van der Waals surface area (Å²) in [6, 6.07) is 25.6. The van der Waals surface area contributed by atoms with Crippen LogP contribution in [0.4, 0.5) is 0 Å². The summed E-state index contributed by atoms with van der Waals surface area (Å²) in [4.78, 5) is 16.1. The van der Waals surface area contributed by atoms with E-state index in [1.54, 1.807) is 7.11 Å². The van der Waals surface area contributed by atoms with Crippen molar-refractivity contribution in [3.05, 3.63) is 114 Å². The van der Waals surface area contributed by atoms with Crippen LogP contribution in [0.15, 0.2) is 91.3 Å². The Morgan fingerprint density at radius 1 is 0.625 bits per heavy atom. The van der Waals surface area contributed by atoms with Gasteiger partial charge in [0.25, 0.3) is 0 Å². The zero-order chi connectivity index (χ0) is 22.0. The Labute approximate surface area is 188 Å². The van der Waals surface area contributed by atoms with Gasteiger partial charge in [-0.2, -0.15) is 0 Å². The SMILES string of the molecule is COc1ccc(OCc2cccc(CN(Cc3ccccn3)Cc3ccccn3)n2)cc1. The number of rotatable bonds is 10. The molecule has 0 amide bonds. The van der Waals surface area contributed by atoms with Gasteiger partial charge in [0, 0.05) is 32.0 Å². The molecule has 0 spiro atoms. The Kier molecular flexibility index (Phi) is 7.39. The highest BCUT2D eigenvalue weighted by Gasteiger charge is 2.11. The average molecular weight is 427 g/mol. The normalized spacial score (nSPS) is 10.8. The Hall–Kier alpha value is -3.77. The highest BCUT2D eigenvalue weighted by molar-refractivity contribution is 5.31. The Morgan fingerprint density at radius 2 is 1.19 bits per heavy atom. The van der Waals surface area contributed by atoms with E-state index in [2.05, 4.69) is 14.9 Å². The van der Waals surface area contributed by atoms with E-state index < -0.39 is 0 Å². The average Bonchev–Trinajstić information content (AvgIpc) is 2.84. The first kappa shape index (κ1) is 21.5. The van der Waals surface area contributed by atoms with E-state index in [1.165, 1.54) is 0 Å². The van der Waals surface area contributed by atoms with E-state index in [0.29, 0.717) is 26.2 Å². The molecule has 6 heteroatoms. The van der Waals surface area contributed by atoms with Crippen LogP contribution in [0.25, 0.3) is 0 Å². The Morgan fingerprint density at radius 3 is 1.78 bits per heavy atom. The van der Waals surface area contributed by atoms with Crippen molar-refractivity contribution in [2.75, 3.05) is 7.11 Å². The van der Waals surface area contributed by atoms with Crippen LogP contribution in [0.3, 0.4) is 0 Å². The summed E-state index contributed by atoms with van der Waals surface area (Å²) in [5, 5.41) is 0. The highest BCUT2D eigenvalue weighted by atomic mass is 16.5. The number of methoxy groups -OCH3 is 1. The van der Waals surface area contributed by atoms with Crippen molar-refractivity contribution in [1.29, 1.82) is 0 Å². The van der Waals surface area contributed by atoms with Crippen molar-refractivity contribution in [3.63, 3.8) is 0 Å². The third-order valence-electron chi connectivity index (χ3n) is 4.92. The predicted molar refractivity (Wildman–Crippen MR) is 123 cm³/mol. The summed E-state index contributed by atoms with van der Waals surface area (Å²) in [7, 11) is 1.65. The van der Waals surface area contributed by atoms with Crippen molar-refractivity contribution >= 4 is 0 Å². The molecule has 0 aliphatic heterocycles. The van der Waals surface area contributed by atoms with E-state index >= 15 is 0 Å². The van der Waals surface area contributed by atoms with Gasteiger partial charge in [-0.05, 0) is 60.7 Å². The molecule has 0 aliphatic rings. The van der Waals surface area contributed by atoms with Crippen molar-refractivity contribution in [1.82, 2.24) is 19.9 Å². The van der Waals surface area contributed by atoms with Gasteiger partial charge in [-0.3, -0.25) is 19.9 Å². The van der Waals surface area contributed by atoms with E-state index in [0.717, 1.165) is 34.3 Å². The summed E-state index contributed by atoms with van der Waals surface area (Å²) >= 11 is 0. The molecule has 1 aromatic carbocycles. The van der Waals surface area contributed by atoms with Crippen LogP contribution in [0.5, 0.6) is 11.5 Å². The lowest BCUT2D eigenvalue weighted by Gasteiger charge is -2.21. The van der Waals surface area contributed by atoms with Gasteiger partial charge >= 0.3 is 0 Å². The molecule has 3 aromatic heterocycles. The maximum Gasteiger partial charge on any atom is 0.130 e. The molecule has 0 unspecified atom stereocenters. The molecule has 32 heavy (non-hydrogen) atoms. The summed E-state index contributed by atoms with van der Waals surface area (Å²) in [5.41, 5.74) is 3.89. The van der Waals surface area contributed by atoms with Gasteiger partial charge in [0.15, 0.2) is 0 Å². The summed E-state index contributed by atoms with van der Waals surface area (Å²) < 4.78 is 11.1. The molecule has 0 saturated carbocycles. The molecule has 3 heterocycles. The minimum atomic E-state index is 0.403. The molecule has 0 saturated heterocycles. The van der Waals surface area contributed by atoms with Crippen LogP contribution in [0.2, 0.25) is 0 Å². The second-order valence-electron chi connectivity index (χ2n) is 7.37. The van der Waals surface area contributed by atoms with Gasteiger partial charge in [-0.25, -0.2) is 0 Å². The summed E-state index contributed by atoms with van der Waals surface area (Å²) in [6.45, 7) is 2.52. The van der Waals surface area contributed by atoms with Crippen LogP contribution < -0.4 is 9.47 Å². The van der Waals surface area contributed by atoms with Crippen molar-refractivity contribution in [3.8, 4) is 11.5 Å². The lowest BCUT2D eigenvalue weighted by atomic mass is 10.2. The van der Waals surface area contributed by atoms with Crippen LogP contribution in [-0.4, -0.2) is 27.0 Å². The number of hydrogen-bond acceptors (Lipinski definition) is 6. The first-order valence-electron chi connectivity index (χ1n) is 10.5. The zero-order valence-electron chi connectivity index (χ0n) is 18.1. The third-order valence-corrected chi connectivity index (χ3v) is 4.92. The van der Waals surface area contributed by atoms with Crippen LogP contribution in [0.1, 0.15) is 22.8 Å². The molecule has 0 fully saturated rings. The van der Waals surface area contributed by atoms with E-state index in [-0.39, 0.29) is 0 Å². The predicted octanol–water partition coefficient (Wildman–Crippen LogP) is 4.66. The quantitative estimate of drug-likeness (QED) is 0.368. The molecule has 0 aliphatic carbocycles. The molecule has 162 valence electrons. The number of aromatic nitrogens is 3. The fraction of sp³-hybridized carbons (Fsp3) is 0.192. The first-order valence-corrected chi connectivity index (χ1v) is 10.5. The summed E-state index contributed by atoms with van der Waals surface area (Å²) in [6.07, 6.45) is 3.65. The maximum absolute atomic E-state index is 5.89. The highest BCUT2D eigenvalue weighted by Crippen LogP contribution is 2.18. The zero-order valence-corrected chi connectivity index (χ0v) is 18.1. The van der Waals surface area contributed by atoms with Gasteiger partial charge in [0.2, 0.25) is 0 Å². The standard InChI is InChI=1S/C26H26N4O2/c1-31-25-11-13-26(14-12-25)32-20-24-10-6-9-23(29-24)19-30(17-21-7-2-4-15-27-21)18-22-8-3-5-16-28-22/h2-16H,17-20H2,1H3. The largest absolute Gasteiger partial charge is 0.497 e. The second-order valence-corrected chi connectivity index (χ2v) is 7.37. The van der Waals surface area contributed by atoms with Gasteiger partial charge < -0.3 is 9.47 Å². The Bertz CT molecular complexity index is 1050. The first-order chi connectivity index (χ1) is 15.8. The smallest absolute Gasteiger partial charge is 0.130 e. The van der Waals surface area contributed by atoms with Gasteiger partial charge in [-0.15, -0.1) is 0 Å². The number of hydrogen-bond donors (Lipinski definition) is 0. The Balaban J connectivity index is 1.43. The lowest BCUT2D eigenvalue weighted by Crippen LogP contribution is -2.24. The molecule has 0 atom stereocenters. The monoisotopic (exact) mass is 426 g/mol. The molecule has 4 aromatic rings. The van der Waals surface area contributed by atoms with E-state index in [1.807, 2.05) is 91.3 Å². The molecular formula is C26H26N4O2. The fourth-order valence-corrected chi connectivity index (χ4v) is 3.37. The number of nitrogens with zero attached hydrogens (tertiary/aromatic N) is 4. The van der Waals surface area contributed by atoms with Crippen LogP contribution in [0, 0.1) is 0 Å². The molecular weight excluding hydrogens is 400 g/mol. The maximum atomic E-state index is 5.89. The minimum absolute atomic E-state index is 0.403. The number of pyridine rings is 3. The van der Waals surface area contributed by atoms with Crippen LogP contribution >= 0.6 is 0 Å². The fourth-order valence-electron chi connectivity index (χ4n) is 3.37. The topological polar surface area (TPSA) is 60.4 Å². The number of benzene rings is 1. The molecule has 6 nitrogen and oxygen atoms in total. The molecule has 0 bridgehead atoms. The van der Waals surface area contributed by atoms with Crippen molar-refractivity contribution in [2.45, 2.75) is 26.2 Å². The van der Waals surface area contributed by atoms with Crippen molar-refractivity contribution < 1.29 is 9.47 Å². The number of ether oxygens (including phenoxy) is 2. The lowest BCUT2D eigenvalue weighted by molar-refractivity contribution is 0.237. The van der Waals surface area contributed by atoms with E-state index in [9.17, 15) is 0 Å². The van der Waals surface area contributed by atoms with E-state index in [4.69, 9.17) is 14.5 Å². The van der Waals surface area contributed by atoms with Gasteiger partial charge in [0.05, 0.1) is 29.9 Å². The summed E-state index contributed by atoms with van der Waals surface area (Å²) in [5.74, 6) is 1.59. The third kappa shape index (κ3) is 6.36. The minimum Gasteiger partial charge on any atom is -0.497 e. The van der Waals surface area contributed by atoms with Crippen molar-refractivity contribution in [2.24, 2.45) is 0 Å². The van der Waals surface area contributed by atoms with Crippen LogP contribution in [-0.2, 0) is 26.2 Å². The van der Waals surface area contributed by atoms with Gasteiger partial charge in [-0.1, -0.05) is 18.2 Å².